The number of carbonyl (C=O) groups is 1. The summed E-state index contributed by atoms with van der Waals surface area (Å²) in [6, 6.07) is 18.5. The van der Waals surface area contributed by atoms with Gasteiger partial charge in [0.25, 0.3) is 0 Å². The molecule has 4 rings (SSSR count). The molecule has 0 spiro atoms. The van der Waals surface area contributed by atoms with Crippen LogP contribution in [0.2, 0.25) is 0 Å². The number of hydrogen-bond donors (Lipinski definition) is 3. The molecule has 0 saturated heterocycles. The highest BCUT2D eigenvalue weighted by molar-refractivity contribution is 7.92. The summed E-state index contributed by atoms with van der Waals surface area (Å²) < 4.78 is 29.9. The first-order valence-electron chi connectivity index (χ1n) is 9.91. The second-order valence-electron chi connectivity index (χ2n) is 8.31. The molecule has 31 heavy (non-hydrogen) atoms. The van der Waals surface area contributed by atoms with Gasteiger partial charge in [-0.3, -0.25) is 0 Å². The van der Waals surface area contributed by atoms with Crippen LogP contribution in [0.25, 0.3) is 0 Å². The van der Waals surface area contributed by atoms with Crippen LogP contribution in [-0.4, -0.2) is 15.6 Å². The third-order valence-corrected chi connectivity index (χ3v) is 6.73. The van der Waals surface area contributed by atoms with Gasteiger partial charge in [0.05, 0.1) is 17.3 Å². The Morgan fingerprint density at radius 3 is 2.61 bits per heavy atom. The molecule has 160 valence electrons. The zero-order valence-electron chi connectivity index (χ0n) is 17.2. The Kier molecular flexibility index (Phi) is 5.64. The van der Waals surface area contributed by atoms with Crippen molar-refractivity contribution in [3.63, 3.8) is 0 Å². The van der Waals surface area contributed by atoms with E-state index in [4.69, 9.17) is 0 Å². The van der Waals surface area contributed by atoms with Crippen LogP contribution in [0.1, 0.15) is 41.4 Å². The molecule has 0 radical (unpaired) electrons. The number of rotatable bonds is 5. The van der Waals surface area contributed by atoms with E-state index < -0.39 is 23.1 Å². The fourth-order valence-corrected chi connectivity index (χ4v) is 4.99. The zero-order chi connectivity index (χ0) is 22.2. The fourth-order valence-electron chi connectivity index (χ4n) is 4.05. The average Bonchev–Trinajstić information content (AvgIpc) is 2.73. The first-order valence-corrected chi connectivity index (χ1v) is 11.1. The van der Waals surface area contributed by atoms with Crippen molar-refractivity contribution in [2.24, 2.45) is 5.41 Å². The van der Waals surface area contributed by atoms with Crippen molar-refractivity contribution in [1.29, 1.82) is 0 Å². The van der Waals surface area contributed by atoms with Gasteiger partial charge in [-0.05, 0) is 53.8 Å². The van der Waals surface area contributed by atoms with Gasteiger partial charge in [-0.15, -0.1) is 0 Å². The minimum absolute atomic E-state index is 0.0970. The number of carboxylic acid groups (broad SMARTS) is 1. The SMILES string of the molecule is CC1(C)Cc2cc(C(=O)O)ccc2NC1c1ccccc1N[S+]([O-])c1ccccc1F. The molecule has 1 aliphatic heterocycles. The maximum absolute atomic E-state index is 14.1. The van der Waals surface area contributed by atoms with E-state index in [0.717, 1.165) is 16.8 Å². The largest absolute Gasteiger partial charge is 0.588 e. The smallest absolute Gasteiger partial charge is 0.335 e. The van der Waals surface area contributed by atoms with E-state index in [1.807, 2.05) is 24.3 Å². The van der Waals surface area contributed by atoms with Crippen LogP contribution in [0.3, 0.4) is 0 Å². The summed E-state index contributed by atoms with van der Waals surface area (Å²) in [5, 5.41) is 12.8. The maximum Gasteiger partial charge on any atom is 0.335 e. The number of anilines is 2. The lowest BCUT2D eigenvalue weighted by Crippen LogP contribution is -2.35. The van der Waals surface area contributed by atoms with E-state index in [-0.39, 0.29) is 21.9 Å². The molecular weight excluding hydrogens is 415 g/mol. The average molecular weight is 439 g/mol. The van der Waals surface area contributed by atoms with Crippen LogP contribution in [0.15, 0.2) is 71.6 Å². The number of para-hydroxylation sites is 1. The Labute approximate surface area is 183 Å². The molecule has 3 N–H and O–H groups in total. The van der Waals surface area contributed by atoms with Gasteiger partial charge >= 0.3 is 5.97 Å². The fraction of sp³-hybridized carbons (Fsp3) is 0.208. The van der Waals surface area contributed by atoms with Gasteiger partial charge in [0.15, 0.2) is 5.82 Å². The zero-order valence-corrected chi connectivity index (χ0v) is 18.0. The van der Waals surface area contributed by atoms with Gasteiger partial charge in [0.1, 0.15) is 11.4 Å². The minimum atomic E-state index is -1.76. The van der Waals surface area contributed by atoms with E-state index in [2.05, 4.69) is 23.9 Å². The summed E-state index contributed by atoms with van der Waals surface area (Å²) in [4.78, 5) is 11.4. The quantitative estimate of drug-likeness (QED) is 0.465. The van der Waals surface area contributed by atoms with Gasteiger partial charge in [0, 0.05) is 11.3 Å². The van der Waals surface area contributed by atoms with Crippen LogP contribution in [0, 0.1) is 11.2 Å². The summed E-state index contributed by atoms with van der Waals surface area (Å²) >= 11 is -1.76. The molecule has 1 aliphatic rings. The van der Waals surface area contributed by atoms with Crippen molar-refractivity contribution in [2.75, 3.05) is 10.0 Å². The Morgan fingerprint density at radius 1 is 1.16 bits per heavy atom. The van der Waals surface area contributed by atoms with E-state index in [1.54, 1.807) is 30.3 Å². The molecule has 0 saturated carbocycles. The second kappa shape index (κ2) is 8.24. The van der Waals surface area contributed by atoms with Crippen LogP contribution in [-0.2, 0) is 17.8 Å². The maximum atomic E-state index is 14.1. The lowest BCUT2D eigenvalue weighted by Gasteiger charge is -2.42. The second-order valence-corrected chi connectivity index (χ2v) is 9.49. The van der Waals surface area contributed by atoms with E-state index in [1.165, 1.54) is 12.1 Å². The standard InChI is InChI=1S/C24H23FN2O3S/c1-24(2)14-16-13-15(23(28)29)11-12-19(16)26-22(24)17-7-3-5-9-20(17)27-31(30)21-10-6-4-8-18(21)25/h3-13,22,26-27H,14H2,1-2H3,(H,28,29). The molecule has 0 aliphatic carbocycles. The first kappa shape index (κ1) is 21.2. The molecule has 3 aromatic carbocycles. The normalized spacial score (nSPS) is 17.9. The summed E-state index contributed by atoms with van der Waals surface area (Å²) in [6.45, 7) is 4.21. The Hall–Kier alpha value is -3.03. The molecule has 0 fully saturated rings. The van der Waals surface area contributed by atoms with Crippen molar-refractivity contribution >= 4 is 28.7 Å². The summed E-state index contributed by atoms with van der Waals surface area (Å²) in [5.74, 6) is -1.47. The van der Waals surface area contributed by atoms with Crippen LogP contribution >= 0.6 is 0 Å². The van der Waals surface area contributed by atoms with Gasteiger partial charge in [-0.1, -0.05) is 44.2 Å². The van der Waals surface area contributed by atoms with E-state index in [0.29, 0.717) is 12.1 Å². The molecule has 0 amide bonds. The van der Waals surface area contributed by atoms with Gasteiger partial charge in [0.2, 0.25) is 4.90 Å². The molecule has 3 aromatic rings. The van der Waals surface area contributed by atoms with Crippen molar-refractivity contribution in [2.45, 2.75) is 31.2 Å². The minimum Gasteiger partial charge on any atom is -0.588 e. The Balaban J connectivity index is 1.67. The third-order valence-electron chi connectivity index (χ3n) is 5.59. The highest BCUT2D eigenvalue weighted by Gasteiger charge is 2.37. The predicted molar refractivity (Wildman–Crippen MR) is 120 cm³/mol. The number of aromatic carboxylic acids is 1. The number of benzene rings is 3. The third kappa shape index (κ3) is 4.24. The monoisotopic (exact) mass is 438 g/mol. The molecular formula is C24H23FN2O3S. The molecule has 0 bridgehead atoms. The van der Waals surface area contributed by atoms with Crippen molar-refractivity contribution < 1.29 is 18.8 Å². The van der Waals surface area contributed by atoms with Crippen LogP contribution < -0.4 is 10.0 Å². The van der Waals surface area contributed by atoms with E-state index in [9.17, 15) is 18.8 Å². The molecule has 0 aromatic heterocycles. The molecule has 2 unspecified atom stereocenters. The number of carboxylic acids is 1. The van der Waals surface area contributed by atoms with Gasteiger partial charge in [-0.2, -0.15) is 0 Å². The summed E-state index contributed by atoms with van der Waals surface area (Å²) in [5.41, 5.74) is 3.38. The lowest BCUT2D eigenvalue weighted by atomic mass is 9.72. The van der Waals surface area contributed by atoms with Gasteiger partial charge in [-0.25, -0.2) is 13.9 Å². The molecule has 5 nitrogen and oxygen atoms in total. The predicted octanol–water partition coefficient (Wildman–Crippen LogP) is 5.39. The highest BCUT2D eigenvalue weighted by Crippen LogP contribution is 2.47. The van der Waals surface area contributed by atoms with Gasteiger partial charge < -0.3 is 15.0 Å². The molecule has 7 heteroatoms. The Bertz CT molecular complexity index is 1140. The van der Waals surface area contributed by atoms with Crippen LogP contribution in [0.4, 0.5) is 15.8 Å². The summed E-state index contributed by atoms with van der Waals surface area (Å²) in [6.07, 6.45) is 0.672. The van der Waals surface area contributed by atoms with Crippen LogP contribution in [0.5, 0.6) is 0 Å². The van der Waals surface area contributed by atoms with Crippen molar-refractivity contribution in [3.8, 4) is 0 Å². The number of halogens is 1. The van der Waals surface area contributed by atoms with Crippen molar-refractivity contribution in [3.05, 3.63) is 89.2 Å². The number of nitrogens with one attached hydrogen (secondary N) is 2. The number of fused-ring (bicyclic) bond motifs is 1. The highest BCUT2D eigenvalue weighted by atomic mass is 32.2. The topological polar surface area (TPSA) is 84.4 Å². The summed E-state index contributed by atoms with van der Waals surface area (Å²) in [7, 11) is 0. The van der Waals surface area contributed by atoms with E-state index >= 15 is 0 Å². The number of hydrogen-bond acceptors (Lipinski definition) is 4. The Morgan fingerprint density at radius 2 is 1.87 bits per heavy atom. The molecule has 1 heterocycles. The van der Waals surface area contributed by atoms with Crippen molar-refractivity contribution in [1.82, 2.24) is 0 Å². The lowest BCUT2D eigenvalue weighted by molar-refractivity contribution is 0.0696. The first-order chi connectivity index (χ1) is 14.8. The molecule has 2 atom stereocenters.